The third-order valence-electron chi connectivity index (χ3n) is 4.70. The van der Waals surface area contributed by atoms with Crippen LogP contribution >= 0.6 is 0 Å². The Labute approximate surface area is 156 Å². The van der Waals surface area contributed by atoms with E-state index in [1.165, 1.54) is 24.1 Å². The van der Waals surface area contributed by atoms with Gasteiger partial charge in [0, 0.05) is 25.3 Å². The standard InChI is InChI=1S/C22H28N2O2/c1-17-13-18(2)15-20(14-17)26-16-22(25)23-10-6-12-24-11-5-8-19-7-3-4-9-21(19)24/h3-4,7,9,13-15H,5-6,8,10-12,16H2,1-2H3,(H,23,25). The predicted molar refractivity (Wildman–Crippen MR) is 106 cm³/mol. The molecule has 0 saturated heterocycles. The Balaban J connectivity index is 1.38. The number of hydrogen-bond donors (Lipinski definition) is 1. The summed E-state index contributed by atoms with van der Waals surface area (Å²) in [7, 11) is 0. The van der Waals surface area contributed by atoms with Crippen molar-refractivity contribution in [3.63, 3.8) is 0 Å². The number of aryl methyl sites for hydroxylation is 3. The molecule has 1 heterocycles. The summed E-state index contributed by atoms with van der Waals surface area (Å²) in [5.74, 6) is 0.686. The summed E-state index contributed by atoms with van der Waals surface area (Å²) in [4.78, 5) is 14.4. The summed E-state index contributed by atoms with van der Waals surface area (Å²) in [6.07, 6.45) is 3.30. The number of para-hydroxylation sites is 1. The molecule has 4 heteroatoms. The quantitative estimate of drug-likeness (QED) is 0.774. The van der Waals surface area contributed by atoms with E-state index in [0.29, 0.717) is 6.54 Å². The van der Waals surface area contributed by atoms with E-state index in [9.17, 15) is 4.79 Å². The van der Waals surface area contributed by atoms with Crippen molar-refractivity contribution >= 4 is 11.6 Å². The number of amides is 1. The van der Waals surface area contributed by atoms with Crippen LogP contribution in [-0.2, 0) is 11.2 Å². The summed E-state index contributed by atoms with van der Waals surface area (Å²) in [6, 6.07) is 14.6. The normalized spacial score (nSPS) is 13.2. The molecule has 0 bridgehead atoms. The van der Waals surface area contributed by atoms with Crippen molar-refractivity contribution in [3.8, 4) is 5.75 Å². The van der Waals surface area contributed by atoms with Crippen LogP contribution in [0.1, 0.15) is 29.5 Å². The Bertz CT molecular complexity index is 737. The molecule has 4 nitrogen and oxygen atoms in total. The number of ether oxygens (including phenoxy) is 1. The lowest BCUT2D eigenvalue weighted by Crippen LogP contribution is -2.34. The molecule has 1 aliphatic rings. The van der Waals surface area contributed by atoms with E-state index in [2.05, 4.69) is 40.5 Å². The summed E-state index contributed by atoms with van der Waals surface area (Å²) in [5.41, 5.74) is 5.07. The van der Waals surface area contributed by atoms with Crippen molar-refractivity contribution in [1.29, 1.82) is 0 Å². The summed E-state index contributed by atoms with van der Waals surface area (Å²) >= 11 is 0. The first-order valence-corrected chi connectivity index (χ1v) is 9.42. The number of nitrogens with zero attached hydrogens (tertiary/aromatic N) is 1. The van der Waals surface area contributed by atoms with E-state index in [0.717, 1.165) is 36.4 Å². The van der Waals surface area contributed by atoms with Gasteiger partial charge in [-0.15, -0.1) is 0 Å². The fraction of sp³-hybridized carbons (Fsp3) is 0.409. The van der Waals surface area contributed by atoms with E-state index in [1.807, 2.05) is 26.0 Å². The number of anilines is 1. The molecule has 1 aliphatic heterocycles. The molecule has 2 aromatic carbocycles. The summed E-state index contributed by atoms with van der Waals surface area (Å²) in [5, 5.41) is 2.96. The summed E-state index contributed by atoms with van der Waals surface area (Å²) < 4.78 is 5.60. The fourth-order valence-corrected chi connectivity index (χ4v) is 3.56. The highest BCUT2D eigenvalue weighted by atomic mass is 16.5. The molecule has 0 aromatic heterocycles. The van der Waals surface area contributed by atoms with E-state index < -0.39 is 0 Å². The number of nitrogens with one attached hydrogen (secondary N) is 1. The number of carbonyl (C=O) groups is 1. The first-order valence-electron chi connectivity index (χ1n) is 9.42. The third kappa shape index (κ3) is 5.01. The number of carbonyl (C=O) groups excluding carboxylic acids is 1. The fourth-order valence-electron chi connectivity index (χ4n) is 3.56. The number of rotatable bonds is 7. The Kier molecular flexibility index (Phi) is 6.16. The molecule has 26 heavy (non-hydrogen) atoms. The minimum absolute atomic E-state index is 0.0649. The van der Waals surface area contributed by atoms with Gasteiger partial charge in [0.25, 0.3) is 5.91 Å². The highest BCUT2D eigenvalue weighted by molar-refractivity contribution is 5.77. The van der Waals surface area contributed by atoms with Crippen molar-refractivity contribution in [1.82, 2.24) is 5.32 Å². The maximum absolute atomic E-state index is 12.0. The SMILES string of the molecule is Cc1cc(C)cc(OCC(=O)NCCCN2CCCc3ccccc32)c1. The molecule has 1 N–H and O–H groups in total. The van der Waals surface area contributed by atoms with Gasteiger partial charge < -0.3 is 15.0 Å². The maximum Gasteiger partial charge on any atom is 0.257 e. The molecule has 0 aliphatic carbocycles. The zero-order valence-corrected chi connectivity index (χ0v) is 15.8. The third-order valence-corrected chi connectivity index (χ3v) is 4.70. The first-order chi connectivity index (χ1) is 12.6. The zero-order chi connectivity index (χ0) is 18.4. The molecule has 138 valence electrons. The monoisotopic (exact) mass is 352 g/mol. The topological polar surface area (TPSA) is 41.6 Å². The van der Waals surface area contributed by atoms with E-state index in [-0.39, 0.29) is 12.5 Å². The average molecular weight is 352 g/mol. The molecule has 0 unspecified atom stereocenters. The van der Waals surface area contributed by atoms with Crippen LogP contribution in [0.5, 0.6) is 5.75 Å². The second-order valence-electron chi connectivity index (χ2n) is 7.03. The summed E-state index contributed by atoms with van der Waals surface area (Å²) in [6.45, 7) is 6.86. The molecular formula is C22H28N2O2. The second-order valence-corrected chi connectivity index (χ2v) is 7.03. The van der Waals surface area contributed by atoms with Crippen LogP contribution in [0.3, 0.4) is 0 Å². The Morgan fingerprint density at radius 1 is 1.15 bits per heavy atom. The van der Waals surface area contributed by atoms with Crippen molar-refractivity contribution in [2.24, 2.45) is 0 Å². The van der Waals surface area contributed by atoms with Gasteiger partial charge in [-0.3, -0.25) is 4.79 Å². The lowest BCUT2D eigenvalue weighted by Gasteiger charge is -2.31. The van der Waals surface area contributed by atoms with Gasteiger partial charge >= 0.3 is 0 Å². The van der Waals surface area contributed by atoms with Gasteiger partial charge in [0.05, 0.1) is 0 Å². The van der Waals surface area contributed by atoms with Gasteiger partial charge in [-0.05, 0) is 68.0 Å². The molecule has 0 atom stereocenters. The van der Waals surface area contributed by atoms with E-state index in [4.69, 9.17) is 4.74 Å². The molecule has 0 spiro atoms. The Hall–Kier alpha value is -2.49. The van der Waals surface area contributed by atoms with Crippen LogP contribution in [0.2, 0.25) is 0 Å². The number of benzene rings is 2. The molecule has 2 aromatic rings. The van der Waals surface area contributed by atoms with E-state index >= 15 is 0 Å². The first kappa shape index (κ1) is 18.3. The minimum atomic E-state index is -0.0665. The highest BCUT2D eigenvalue weighted by Crippen LogP contribution is 2.26. The zero-order valence-electron chi connectivity index (χ0n) is 15.8. The van der Waals surface area contributed by atoms with Gasteiger partial charge in [0.15, 0.2) is 6.61 Å². The lowest BCUT2D eigenvalue weighted by molar-refractivity contribution is -0.123. The Morgan fingerprint density at radius 3 is 2.73 bits per heavy atom. The van der Waals surface area contributed by atoms with Gasteiger partial charge in [-0.1, -0.05) is 24.3 Å². The molecule has 3 rings (SSSR count). The highest BCUT2D eigenvalue weighted by Gasteiger charge is 2.15. The lowest BCUT2D eigenvalue weighted by atomic mass is 10.0. The molecule has 1 amide bonds. The van der Waals surface area contributed by atoms with Crippen LogP contribution in [-0.4, -0.2) is 32.1 Å². The van der Waals surface area contributed by atoms with E-state index in [1.54, 1.807) is 0 Å². The Morgan fingerprint density at radius 2 is 1.92 bits per heavy atom. The van der Waals surface area contributed by atoms with Crippen LogP contribution in [0, 0.1) is 13.8 Å². The molecule has 0 fully saturated rings. The van der Waals surface area contributed by atoms with Crippen LogP contribution in [0.4, 0.5) is 5.69 Å². The smallest absolute Gasteiger partial charge is 0.257 e. The maximum atomic E-state index is 12.0. The second kappa shape index (κ2) is 8.75. The van der Waals surface area contributed by atoms with Gasteiger partial charge in [0.1, 0.15) is 5.75 Å². The van der Waals surface area contributed by atoms with Gasteiger partial charge in [-0.25, -0.2) is 0 Å². The van der Waals surface area contributed by atoms with Crippen LogP contribution in [0.15, 0.2) is 42.5 Å². The van der Waals surface area contributed by atoms with Gasteiger partial charge in [0.2, 0.25) is 0 Å². The van der Waals surface area contributed by atoms with Crippen molar-refractivity contribution in [3.05, 3.63) is 59.2 Å². The van der Waals surface area contributed by atoms with Crippen molar-refractivity contribution < 1.29 is 9.53 Å². The minimum Gasteiger partial charge on any atom is -0.484 e. The largest absolute Gasteiger partial charge is 0.484 e. The van der Waals surface area contributed by atoms with Crippen molar-refractivity contribution in [2.45, 2.75) is 33.1 Å². The number of hydrogen-bond acceptors (Lipinski definition) is 3. The number of fused-ring (bicyclic) bond motifs is 1. The molecular weight excluding hydrogens is 324 g/mol. The molecule has 0 saturated carbocycles. The van der Waals surface area contributed by atoms with Gasteiger partial charge in [-0.2, -0.15) is 0 Å². The molecule has 0 radical (unpaired) electrons. The average Bonchev–Trinajstić information content (AvgIpc) is 2.63. The predicted octanol–water partition coefficient (Wildman–Crippen LogP) is 3.64. The van der Waals surface area contributed by atoms with Crippen LogP contribution in [0.25, 0.3) is 0 Å². The van der Waals surface area contributed by atoms with Crippen molar-refractivity contribution in [2.75, 3.05) is 31.1 Å². The van der Waals surface area contributed by atoms with Crippen LogP contribution < -0.4 is 15.0 Å².